The summed E-state index contributed by atoms with van der Waals surface area (Å²) in [6.45, 7) is 3.47. The van der Waals surface area contributed by atoms with Crippen molar-refractivity contribution in [3.63, 3.8) is 0 Å². The predicted octanol–water partition coefficient (Wildman–Crippen LogP) is 4.55. The number of hydrogen-bond donors (Lipinski definition) is 0. The molecule has 0 amide bonds. The topological polar surface area (TPSA) is 47.0 Å². The number of Topliss-reactive ketones (excluding diaryl/α,β-unsaturated/α-hetero) is 2. The van der Waals surface area contributed by atoms with Crippen LogP contribution in [0.3, 0.4) is 0 Å². The smallest absolute Gasteiger partial charge is 0.212 e. The van der Waals surface area contributed by atoms with Crippen molar-refractivity contribution in [2.45, 2.75) is 18.7 Å². The lowest BCUT2D eigenvalue weighted by Gasteiger charge is -2.14. The number of thioether (sulfide) groups is 1. The third-order valence-corrected chi connectivity index (χ3v) is 5.50. The minimum Gasteiger partial charge on any atom is -0.287 e. The summed E-state index contributed by atoms with van der Waals surface area (Å²) in [5.74, 6) is -0.280. The van der Waals surface area contributed by atoms with Gasteiger partial charge in [-0.3, -0.25) is 9.59 Å². The molecule has 1 aromatic heterocycles. The van der Waals surface area contributed by atoms with E-state index in [0.29, 0.717) is 26.1 Å². The van der Waals surface area contributed by atoms with E-state index >= 15 is 0 Å². The van der Waals surface area contributed by atoms with E-state index in [9.17, 15) is 9.59 Å². The van der Waals surface area contributed by atoms with E-state index in [1.54, 1.807) is 26.0 Å². The van der Waals surface area contributed by atoms with E-state index in [1.165, 1.54) is 23.1 Å². The number of ketones is 2. The molecule has 1 aliphatic carbocycles. The maximum atomic E-state index is 12.6. The summed E-state index contributed by atoms with van der Waals surface area (Å²) in [5.41, 5.74) is 0.748. The average Bonchev–Trinajstić information content (AvgIpc) is 2.85. The lowest BCUT2D eigenvalue weighted by atomic mass is 10.0. The quantitative estimate of drug-likeness (QED) is 0.807. The monoisotopic (exact) mass is 335 g/mol. The number of aromatic nitrogens is 1. The molecule has 1 heterocycles. The van der Waals surface area contributed by atoms with Gasteiger partial charge in [-0.2, -0.15) is 0 Å². The van der Waals surface area contributed by atoms with E-state index in [1.807, 2.05) is 12.1 Å². The third-order valence-electron chi connectivity index (χ3n) is 3.08. The summed E-state index contributed by atoms with van der Waals surface area (Å²) in [6, 6.07) is 7.19. The first-order valence-electron chi connectivity index (χ1n) is 6.18. The fraction of sp³-hybridized carbons (Fsp3) is 0.133. The molecule has 0 N–H and O–H groups in total. The van der Waals surface area contributed by atoms with E-state index < -0.39 is 0 Å². The number of allylic oxidation sites excluding steroid dienone is 2. The van der Waals surface area contributed by atoms with Crippen LogP contribution in [0.15, 0.2) is 39.6 Å². The minimum absolute atomic E-state index is 0.118. The number of benzene rings is 1. The second-order valence-corrected chi connectivity index (χ2v) is 7.30. The zero-order chi connectivity index (χ0) is 15.1. The van der Waals surface area contributed by atoms with Gasteiger partial charge in [0, 0.05) is 15.5 Å². The van der Waals surface area contributed by atoms with Crippen LogP contribution < -0.4 is 0 Å². The molecule has 0 radical (unpaired) electrons. The van der Waals surface area contributed by atoms with E-state index in [4.69, 9.17) is 11.6 Å². The second kappa shape index (κ2) is 5.40. The van der Waals surface area contributed by atoms with Crippen molar-refractivity contribution in [2.24, 2.45) is 0 Å². The number of carbonyl (C=O) groups is 2. The predicted molar refractivity (Wildman–Crippen MR) is 85.5 cm³/mol. The molecule has 0 saturated carbocycles. The van der Waals surface area contributed by atoms with Crippen LogP contribution in [0, 0.1) is 6.92 Å². The summed E-state index contributed by atoms with van der Waals surface area (Å²) in [6.07, 6.45) is 0. The molecular formula is C15H10ClNO2S2. The summed E-state index contributed by atoms with van der Waals surface area (Å²) in [5, 5.41) is 1.36. The zero-order valence-electron chi connectivity index (χ0n) is 11.3. The average molecular weight is 336 g/mol. The lowest BCUT2D eigenvalue weighted by Crippen LogP contribution is -2.18. The van der Waals surface area contributed by atoms with Gasteiger partial charge < -0.3 is 0 Å². The van der Waals surface area contributed by atoms with Gasteiger partial charge in [0.2, 0.25) is 11.6 Å². The molecule has 2 aromatic rings. The van der Waals surface area contributed by atoms with Gasteiger partial charge in [0.05, 0.1) is 9.91 Å². The maximum absolute atomic E-state index is 12.6. The lowest BCUT2D eigenvalue weighted by molar-refractivity contribution is 0.0981. The highest BCUT2D eigenvalue weighted by Gasteiger charge is 2.33. The Balaban J connectivity index is 2.01. The molecule has 1 aromatic carbocycles. The van der Waals surface area contributed by atoms with Crippen molar-refractivity contribution in [3.05, 3.63) is 55.3 Å². The van der Waals surface area contributed by atoms with Gasteiger partial charge in [0.15, 0.2) is 0 Å². The molecule has 0 saturated heterocycles. The Morgan fingerprint density at radius 2 is 1.76 bits per heavy atom. The number of aryl methyl sites for hydroxylation is 1. The zero-order valence-corrected chi connectivity index (χ0v) is 13.7. The molecule has 106 valence electrons. The number of carbonyl (C=O) groups excluding carboxylic acids is 2. The van der Waals surface area contributed by atoms with E-state index in [-0.39, 0.29) is 11.6 Å². The summed E-state index contributed by atoms with van der Waals surface area (Å²) >= 11 is 8.42. The van der Waals surface area contributed by atoms with Crippen molar-refractivity contribution in [1.82, 2.24) is 4.98 Å². The Morgan fingerprint density at radius 3 is 2.43 bits per heavy atom. The van der Waals surface area contributed by atoms with Crippen LogP contribution in [0.25, 0.3) is 0 Å². The first-order chi connectivity index (χ1) is 9.97. The Bertz CT molecular complexity index is 791. The van der Waals surface area contributed by atoms with Crippen molar-refractivity contribution < 1.29 is 9.59 Å². The Labute approximate surface area is 135 Å². The van der Waals surface area contributed by atoms with Crippen molar-refractivity contribution in [1.29, 1.82) is 0 Å². The number of thiazole rings is 1. The molecule has 21 heavy (non-hydrogen) atoms. The van der Waals surface area contributed by atoms with Gasteiger partial charge in [-0.05, 0) is 38.1 Å². The van der Waals surface area contributed by atoms with Gasteiger partial charge in [-0.15, -0.1) is 11.3 Å². The molecule has 3 nitrogen and oxygen atoms in total. The number of nitrogens with zero attached hydrogens (tertiary/aromatic N) is 1. The summed E-state index contributed by atoms with van der Waals surface area (Å²) in [4.78, 5) is 30.9. The Hall–Kier alpha value is -1.43. The molecule has 1 aliphatic rings. The van der Waals surface area contributed by atoms with Gasteiger partial charge in [-0.1, -0.05) is 23.4 Å². The van der Waals surface area contributed by atoms with Crippen LogP contribution in [-0.2, 0) is 0 Å². The molecule has 3 rings (SSSR count). The minimum atomic E-state index is -0.162. The number of fused-ring (bicyclic) bond motifs is 1. The van der Waals surface area contributed by atoms with Gasteiger partial charge >= 0.3 is 0 Å². The van der Waals surface area contributed by atoms with Crippen molar-refractivity contribution >= 4 is 46.3 Å². The molecule has 0 spiro atoms. The largest absolute Gasteiger partial charge is 0.287 e. The number of rotatable bonds is 2. The van der Waals surface area contributed by atoms with Gasteiger partial charge in [-0.25, -0.2) is 4.98 Å². The first-order valence-corrected chi connectivity index (χ1v) is 8.19. The van der Waals surface area contributed by atoms with Crippen LogP contribution in [-0.4, -0.2) is 16.6 Å². The van der Waals surface area contributed by atoms with Crippen molar-refractivity contribution in [3.8, 4) is 0 Å². The summed E-state index contributed by atoms with van der Waals surface area (Å²) in [7, 11) is 0. The van der Waals surface area contributed by atoms with Crippen molar-refractivity contribution in [2.75, 3.05) is 0 Å². The molecule has 0 aliphatic heterocycles. The Kier molecular flexibility index (Phi) is 3.73. The van der Waals surface area contributed by atoms with Crippen LogP contribution in [0.4, 0.5) is 0 Å². The fourth-order valence-corrected chi connectivity index (χ4v) is 4.03. The third kappa shape index (κ3) is 2.57. The van der Waals surface area contributed by atoms with E-state index in [2.05, 4.69) is 4.98 Å². The molecule has 0 atom stereocenters. The molecular weight excluding hydrogens is 326 g/mol. The van der Waals surface area contributed by atoms with Gasteiger partial charge in [0.25, 0.3) is 0 Å². The molecule has 6 heteroatoms. The second-order valence-electron chi connectivity index (χ2n) is 4.58. The van der Waals surface area contributed by atoms with Crippen LogP contribution >= 0.6 is 34.7 Å². The SMILES string of the molecule is CC1=C(Sc2ccc(Cl)cc2)C(=O)c2sc(C)nc2C1=O. The maximum Gasteiger partial charge on any atom is 0.212 e. The normalized spacial score (nSPS) is 14.6. The highest BCUT2D eigenvalue weighted by atomic mass is 35.5. The van der Waals surface area contributed by atoms with Crippen LogP contribution in [0.1, 0.15) is 32.1 Å². The highest BCUT2D eigenvalue weighted by Crippen LogP contribution is 2.38. The first kappa shape index (κ1) is 14.5. The molecule has 0 fully saturated rings. The van der Waals surface area contributed by atoms with Crippen LogP contribution in [0.2, 0.25) is 5.02 Å². The molecule has 0 bridgehead atoms. The van der Waals surface area contributed by atoms with Gasteiger partial charge in [0.1, 0.15) is 10.6 Å². The number of halogens is 1. The summed E-state index contributed by atoms with van der Waals surface area (Å²) < 4.78 is 0. The fourth-order valence-electron chi connectivity index (χ4n) is 2.03. The standard InChI is InChI=1S/C15H10ClNO2S2/c1-7-12(18)11-15(20-8(2)17-11)13(19)14(7)21-10-5-3-9(16)4-6-10/h3-6H,1-2H3. The Morgan fingerprint density at radius 1 is 1.10 bits per heavy atom. The molecule has 0 unspecified atom stereocenters. The van der Waals surface area contributed by atoms with Crippen LogP contribution in [0.5, 0.6) is 0 Å². The van der Waals surface area contributed by atoms with E-state index in [0.717, 1.165) is 9.90 Å². The highest BCUT2D eigenvalue weighted by molar-refractivity contribution is 8.04. The number of hydrogen-bond acceptors (Lipinski definition) is 5.